The molecule has 1 N–H and O–H groups in total. The van der Waals surface area contributed by atoms with Crippen molar-refractivity contribution in [1.82, 2.24) is 5.32 Å². The lowest BCUT2D eigenvalue weighted by atomic mass is 10.1. The molecule has 1 amide bonds. The van der Waals surface area contributed by atoms with E-state index in [1.165, 1.54) is 13.0 Å². The Morgan fingerprint density at radius 1 is 1.14 bits per heavy atom. The monoisotopic (exact) mass is 317 g/mol. The zero-order valence-corrected chi connectivity index (χ0v) is 12.9. The summed E-state index contributed by atoms with van der Waals surface area (Å²) in [6.45, 7) is 1.70. The molecule has 2 aromatic rings. The molecule has 0 aliphatic rings. The van der Waals surface area contributed by atoms with Crippen LogP contribution in [0.15, 0.2) is 48.5 Å². The third-order valence-corrected chi connectivity index (χ3v) is 3.25. The molecule has 114 valence electrons. The predicted octanol–water partition coefficient (Wildman–Crippen LogP) is 3.24. The summed E-state index contributed by atoms with van der Waals surface area (Å²) in [6.07, 6.45) is 0. The van der Waals surface area contributed by atoms with E-state index in [-0.39, 0.29) is 18.3 Å². The lowest BCUT2D eigenvalue weighted by Crippen LogP contribution is -2.28. The van der Waals surface area contributed by atoms with Gasteiger partial charge in [-0.25, -0.2) is 0 Å². The van der Waals surface area contributed by atoms with Crippen LogP contribution in [0.4, 0.5) is 0 Å². The van der Waals surface area contributed by atoms with Crippen molar-refractivity contribution in [2.24, 2.45) is 0 Å². The lowest BCUT2D eigenvalue weighted by molar-refractivity contribution is -0.123. The van der Waals surface area contributed by atoms with Crippen molar-refractivity contribution in [3.05, 3.63) is 64.7 Å². The second kappa shape index (κ2) is 7.61. The highest BCUT2D eigenvalue weighted by Gasteiger charge is 2.11. The van der Waals surface area contributed by atoms with Gasteiger partial charge in [0.15, 0.2) is 12.4 Å². The minimum atomic E-state index is -0.256. The Morgan fingerprint density at radius 2 is 1.86 bits per heavy atom. The maximum Gasteiger partial charge on any atom is 0.258 e. The van der Waals surface area contributed by atoms with E-state index in [4.69, 9.17) is 16.3 Å². The van der Waals surface area contributed by atoms with Crippen molar-refractivity contribution in [1.29, 1.82) is 0 Å². The average molecular weight is 318 g/mol. The second-order valence-electron chi connectivity index (χ2n) is 4.75. The molecule has 22 heavy (non-hydrogen) atoms. The third kappa shape index (κ3) is 4.60. The Bertz CT molecular complexity index is 671. The summed E-state index contributed by atoms with van der Waals surface area (Å²) in [5.74, 6) is -0.0674. The van der Waals surface area contributed by atoms with Gasteiger partial charge in [-0.1, -0.05) is 41.9 Å². The fourth-order valence-corrected chi connectivity index (χ4v) is 2.07. The molecule has 0 aliphatic carbocycles. The number of hydrogen-bond acceptors (Lipinski definition) is 3. The number of carbonyl (C=O) groups excluding carboxylic acids is 2. The first kappa shape index (κ1) is 16.0. The number of halogens is 1. The van der Waals surface area contributed by atoms with Gasteiger partial charge in [0, 0.05) is 11.6 Å². The zero-order chi connectivity index (χ0) is 15.9. The van der Waals surface area contributed by atoms with E-state index < -0.39 is 0 Å². The van der Waals surface area contributed by atoms with Crippen LogP contribution in [-0.2, 0) is 11.3 Å². The Morgan fingerprint density at radius 3 is 2.55 bits per heavy atom. The maximum atomic E-state index is 11.8. The van der Waals surface area contributed by atoms with Crippen LogP contribution in [0.25, 0.3) is 0 Å². The first-order chi connectivity index (χ1) is 10.6. The van der Waals surface area contributed by atoms with Gasteiger partial charge in [0.25, 0.3) is 5.91 Å². The van der Waals surface area contributed by atoms with Crippen molar-refractivity contribution in [2.75, 3.05) is 6.61 Å². The zero-order valence-electron chi connectivity index (χ0n) is 12.1. The fourth-order valence-electron chi connectivity index (χ4n) is 1.89. The number of hydrogen-bond donors (Lipinski definition) is 1. The quantitative estimate of drug-likeness (QED) is 0.832. The molecule has 2 rings (SSSR count). The summed E-state index contributed by atoms with van der Waals surface area (Å²) < 4.78 is 5.41. The minimum absolute atomic E-state index is 0.158. The molecule has 0 radical (unpaired) electrons. The Kier molecular flexibility index (Phi) is 5.55. The van der Waals surface area contributed by atoms with Crippen molar-refractivity contribution in [3.8, 4) is 5.75 Å². The SMILES string of the molecule is CC(=O)c1cc(Cl)ccc1OCC(=O)NCc1ccccc1. The molecule has 5 heteroatoms. The number of ketones is 1. The normalized spacial score (nSPS) is 10.1. The molecule has 0 unspecified atom stereocenters. The third-order valence-electron chi connectivity index (χ3n) is 3.01. The number of Topliss-reactive ketones (excluding diaryl/α,β-unsaturated/α-hetero) is 1. The van der Waals surface area contributed by atoms with Crippen molar-refractivity contribution in [3.63, 3.8) is 0 Å². The lowest BCUT2D eigenvalue weighted by Gasteiger charge is -2.10. The summed E-state index contributed by atoms with van der Waals surface area (Å²) in [6, 6.07) is 14.3. The summed E-state index contributed by atoms with van der Waals surface area (Å²) in [5.41, 5.74) is 1.37. The molecule has 0 aromatic heterocycles. The van der Waals surface area contributed by atoms with Crippen LogP contribution in [0.5, 0.6) is 5.75 Å². The van der Waals surface area contributed by atoms with E-state index in [2.05, 4.69) is 5.32 Å². The van der Waals surface area contributed by atoms with Gasteiger partial charge in [0.05, 0.1) is 5.56 Å². The Hall–Kier alpha value is -2.33. The molecule has 4 nitrogen and oxygen atoms in total. The Balaban J connectivity index is 1.90. The van der Waals surface area contributed by atoms with Gasteiger partial charge >= 0.3 is 0 Å². The van der Waals surface area contributed by atoms with Crippen molar-refractivity contribution < 1.29 is 14.3 Å². The predicted molar refractivity (Wildman–Crippen MR) is 85.2 cm³/mol. The number of rotatable bonds is 6. The summed E-state index contributed by atoms with van der Waals surface area (Å²) in [5, 5.41) is 3.20. The highest BCUT2D eigenvalue weighted by atomic mass is 35.5. The van der Waals surface area contributed by atoms with Crippen LogP contribution in [0.1, 0.15) is 22.8 Å². The summed E-state index contributed by atoms with van der Waals surface area (Å²) >= 11 is 5.85. The van der Waals surface area contributed by atoms with E-state index >= 15 is 0 Å². The molecule has 0 spiro atoms. The van der Waals surface area contributed by atoms with Crippen LogP contribution in [0, 0.1) is 0 Å². The number of amides is 1. The fraction of sp³-hybridized carbons (Fsp3) is 0.176. The molecule has 0 bridgehead atoms. The highest BCUT2D eigenvalue weighted by Crippen LogP contribution is 2.23. The van der Waals surface area contributed by atoms with Crippen LogP contribution in [-0.4, -0.2) is 18.3 Å². The van der Waals surface area contributed by atoms with Crippen LogP contribution >= 0.6 is 11.6 Å². The topological polar surface area (TPSA) is 55.4 Å². The van der Waals surface area contributed by atoms with Gasteiger partial charge in [0.1, 0.15) is 5.75 Å². The van der Waals surface area contributed by atoms with Crippen molar-refractivity contribution >= 4 is 23.3 Å². The molecule has 0 saturated carbocycles. The molecule has 0 saturated heterocycles. The van der Waals surface area contributed by atoms with Gasteiger partial charge in [-0.2, -0.15) is 0 Å². The number of nitrogens with one attached hydrogen (secondary N) is 1. The molecule has 0 atom stereocenters. The molecular formula is C17H16ClNO3. The van der Waals surface area contributed by atoms with Gasteiger partial charge in [-0.15, -0.1) is 0 Å². The Labute approximate surface area is 134 Å². The van der Waals surface area contributed by atoms with Gasteiger partial charge in [0.2, 0.25) is 0 Å². The van der Waals surface area contributed by atoms with Gasteiger partial charge in [-0.3, -0.25) is 9.59 Å². The van der Waals surface area contributed by atoms with Crippen LogP contribution in [0.3, 0.4) is 0 Å². The first-order valence-electron chi connectivity index (χ1n) is 6.80. The van der Waals surface area contributed by atoms with Crippen molar-refractivity contribution in [2.45, 2.75) is 13.5 Å². The molecule has 0 heterocycles. The van der Waals surface area contributed by atoms with E-state index in [0.29, 0.717) is 22.9 Å². The molecule has 2 aromatic carbocycles. The highest BCUT2D eigenvalue weighted by molar-refractivity contribution is 6.31. The van der Waals surface area contributed by atoms with E-state index in [1.807, 2.05) is 30.3 Å². The number of ether oxygens (including phenoxy) is 1. The standard InChI is InChI=1S/C17H16ClNO3/c1-12(20)15-9-14(18)7-8-16(15)22-11-17(21)19-10-13-5-3-2-4-6-13/h2-9H,10-11H2,1H3,(H,19,21). The van der Waals surface area contributed by atoms with E-state index in [0.717, 1.165) is 5.56 Å². The average Bonchev–Trinajstić information content (AvgIpc) is 2.52. The molecular weight excluding hydrogens is 302 g/mol. The molecule has 0 aliphatic heterocycles. The van der Waals surface area contributed by atoms with Crippen LogP contribution < -0.4 is 10.1 Å². The minimum Gasteiger partial charge on any atom is -0.483 e. The summed E-state index contributed by atoms with van der Waals surface area (Å²) in [4.78, 5) is 23.3. The first-order valence-corrected chi connectivity index (χ1v) is 7.18. The summed E-state index contributed by atoms with van der Waals surface area (Å²) in [7, 11) is 0. The van der Waals surface area contributed by atoms with Crippen LogP contribution in [0.2, 0.25) is 5.02 Å². The number of benzene rings is 2. The van der Waals surface area contributed by atoms with Gasteiger partial charge in [-0.05, 0) is 30.7 Å². The smallest absolute Gasteiger partial charge is 0.258 e. The van der Waals surface area contributed by atoms with E-state index in [9.17, 15) is 9.59 Å². The number of carbonyl (C=O) groups is 2. The second-order valence-corrected chi connectivity index (χ2v) is 5.18. The van der Waals surface area contributed by atoms with E-state index in [1.54, 1.807) is 12.1 Å². The largest absolute Gasteiger partial charge is 0.483 e. The maximum absolute atomic E-state index is 11.8. The van der Waals surface area contributed by atoms with Gasteiger partial charge < -0.3 is 10.1 Å². The molecule has 0 fully saturated rings.